The maximum Gasteiger partial charge on any atom is 0.0132 e. The summed E-state index contributed by atoms with van der Waals surface area (Å²) in [5, 5.41) is 3.53. The molecule has 0 saturated carbocycles. The fourth-order valence-corrected chi connectivity index (χ4v) is 1.68. The third-order valence-corrected chi connectivity index (χ3v) is 2.56. The molecular formula is C10H22BrN. The van der Waals surface area contributed by atoms with Crippen LogP contribution in [0.2, 0.25) is 0 Å². The molecule has 3 atom stereocenters. The van der Waals surface area contributed by atoms with Crippen molar-refractivity contribution < 1.29 is 0 Å². The lowest BCUT2D eigenvalue weighted by atomic mass is 10.1. The van der Waals surface area contributed by atoms with Crippen LogP contribution in [0.1, 0.15) is 40.5 Å². The van der Waals surface area contributed by atoms with Crippen LogP contribution in [0.15, 0.2) is 0 Å². The summed E-state index contributed by atoms with van der Waals surface area (Å²) >= 11 is 3.56. The van der Waals surface area contributed by atoms with Gasteiger partial charge in [-0.25, -0.2) is 0 Å². The number of hydrogen-bond acceptors (Lipinski definition) is 1. The predicted molar refractivity (Wildman–Crippen MR) is 59.9 cm³/mol. The van der Waals surface area contributed by atoms with Gasteiger partial charge in [-0.15, -0.1) is 0 Å². The highest BCUT2D eigenvalue weighted by atomic mass is 79.9. The van der Waals surface area contributed by atoms with Crippen molar-refractivity contribution in [2.75, 3.05) is 6.54 Å². The summed E-state index contributed by atoms with van der Waals surface area (Å²) in [5.74, 6) is 0.804. The van der Waals surface area contributed by atoms with Crippen LogP contribution in [-0.4, -0.2) is 17.4 Å². The van der Waals surface area contributed by atoms with Gasteiger partial charge in [0.05, 0.1) is 0 Å². The fourth-order valence-electron chi connectivity index (χ4n) is 1.12. The quantitative estimate of drug-likeness (QED) is 0.698. The van der Waals surface area contributed by atoms with E-state index in [2.05, 4.69) is 48.9 Å². The van der Waals surface area contributed by atoms with Crippen LogP contribution in [0.4, 0.5) is 0 Å². The first-order valence-corrected chi connectivity index (χ1v) is 5.85. The van der Waals surface area contributed by atoms with Crippen molar-refractivity contribution >= 4 is 15.9 Å². The molecule has 0 fully saturated rings. The van der Waals surface area contributed by atoms with E-state index in [1.165, 1.54) is 12.8 Å². The van der Waals surface area contributed by atoms with Crippen LogP contribution in [0.25, 0.3) is 0 Å². The van der Waals surface area contributed by atoms with E-state index in [1.54, 1.807) is 0 Å². The molecule has 74 valence electrons. The van der Waals surface area contributed by atoms with E-state index >= 15 is 0 Å². The molecular weight excluding hydrogens is 214 g/mol. The predicted octanol–water partition coefficient (Wildman–Crippen LogP) is 3.18. The second kappa shape index (κ2) is 6.90. The third-order valence-electron chi connectivity index (χ3n) is 2.19. The summed E-state index contributed by atoms with van der Waals surface area (Å²) in [5.41, 5.74) is 0. The number of halogens is 1. The molecule has 0 aliphatic carbocycles. The Kier molecular flexibility index (Phi) is 7.16. The monoisotopic (exact) mass is 235 g/mol. The van der Waals surface area contributed by atoms with Crippen molar-refractivity contribution in [2.45, 2.75) is 51.4 Å². The van der Waals surface area contributed by atoms with Crippen LogP contribution in [0.5, 0.6) is 0 Å². The Morgan fingerprint density at radius 1 is 1.25 bits per heavy atom. The van der Waals surface area contributed by atoms with Gasteiger partial charge in [-0.3, -0.25) is 0 Å². The van der Waals surface area contributed by atoms with Crippen molar-refractivity contribution in [3.05, 3.63) is 0 Å². The van der Waals surface area contributed by atoms with Gasteiger partial charge in [-0.1, -0.05) is 43.1 Å². The topological polar surface area (TPSA) is 12.0 Å². The maximum absolute atomic E-state index is 3.56. The summed E-state index contributed by atoms with van der Waals surface area (Å²) < 4.78 is 0. The Morgan fingerprint density at radius 3 is 2.25 bits per heavy atom. The molecule has 0 aromatic rings. The second-order valence-corrected chi connectivity index (χ2v) is 5.40. The minimum absolute atomic E-state index is 0.622. The summed E-state index contributed by atoms with van der Waals surface area (Å²) in [4.78, 5) is 0.622. The van der Waals surface area contributed by atoms with Crippen molar-refractivity contribution in [1.29, 1.82) is 0 Å². The Balaban J connectivity index is 3.36. The summed E-state index contributed by atoms with van der Waals surface area (Å²) in [7, 11) is 0. The molecule has 2 heteroatoms. The lowest BCUT2D eigenvalue weighted by Crippen LogP contribution is -2.31. The first-order valence-electron chi connectivity index (χ1n) is 4.93. The Hall–Kier alpha value is 0.440. The van der Waals surface area contributed by atoms with Crippen LogP contribution < -0.4 is 5.32 Å². The molecule has 0 aliphatic rings. The number of hydrogen-bond donors (Lipinski definition) is 1. The molecule has 0 radical (unpaired) electrons. The van der Waals surface area contributed by atoms with Crippen LogP contribution in [0.3, 0.4) is 0 Å². The lowest BCUT2D eigenvalue weighted by molar-refractivity contribution is 0.439. The zero-order valence-electron chi connectivity index (χ0n) is 8.73. The highest BCUT2D eigenvalue weighted by molar-refractivity contribution is 9.09. The van der Waals surface area contributed by atoms with E-state index in [-0.39, 0.29) is 0 Å². The molecule has 1 N–H and O–H groups in total. The zero-order valence-corrected chi connectivity index (χ0v) is 10.3. The molecule has 0 spiro atoms. The van der Waals surface area contributed by atoms with Crippen molar-refractivity contribution in [3.8, 4) is 0 Å². The average Bonchev–Trinajstić information content (AvgIpc) is 1.99. The molecule has 0 heterocycles. The molecule has 0 amide bonds. The van der Waals surface area contributed by atoms with Gasteiger partial charge >= 0.3 is 0 Å². The highest BCUT2D eigenvalue weighted by Crippen LogP contribution is 2.07. The van der Waals surface area contributed by atoms with Gasteiger partial charge in [0, 0.05) is 10.9 Å². The minimum Gasteiger partial charge on any atom is -0.314 e. The van der Waals surface area contributed by atoms with Crippen LogP contribution >= 0.6 is 15.9 Å². The number of rotatable bonds is 6. The summed E-state index contributed by atoms with van der Waals surface area (Å²) in [6, 6.07) is 0.633. The minimum atomic E-state index is 0.622. The maximum atomic E-state index is 3.56. The first kappa shape index (κ1) is 12.4. The van der Waals surface area contributed by atoms with Crippen molar-refractivity contribution in [3.63, 3.8) is 0 Å². The standard InChI is InChI=1S/C10H22BrN/c1-5-8(2)7-12-10(4)6-9(3)11/h8-10,12H,5-7H2,1-4H3. The van der Waals surface area contributed by atoms with Gasteiger partial charge in [0.1, 0.15) is 0 Å². The van der Waals surface area contributed by atoms with Crippen LogP contribution in [-0.2, 0) is 0 Å². The highest BCUT2D eigenvalue weighted by Gasteiger charge is 2.06. The Morgan fingerprint density at radius 2 is 1.83 bits per heavy atom. The largest absolute Gasteiger partial charge is 0.314 e. The first-order chi connectivity index (χ1) is 5.56. The van der Waals surface area contributed by atoms with E-state index < -0.39 is 0 Å². The number of alkyl halides is 1. The molecule has 0 aliphatic heterocycles. The fraction of sp³-hybridized carbons (Fsp3) is 1.00. The molecule has 0 aromatic heterocycles. The van der Waals surface area contributed by atoms with Gasteiger partial charge in [0.2, 0.25) is 0 Å². The molecule has 1 nitrogen and oxygen atoms in total. The third kappa shape index (κ3) is 7.11. The zero-order chi connectivity index (χ0) is 9.56. The smallest absolute Gasteiger partial charge is 0.0132 e. The molecule has 0 rings (SSSR count). The summed E-state index contributed by atoms with van der Waals surface area (Å²) in [6.45, 7) is 10.1. The molecule has 12 heavy (non-hydrogen) atoms. The van der Waals surface area contributed by atoms with Crippen molar-refractivity contribution in [2.24, 2.45) is 5.92 Å². The van der Waals surface area contributed by atoms with Gasteiger partial charge < -0.3 is 5.32 Å². The van der Waals surface area contributed by atoms with E-state index in [0.29, 0.717) is 10.9 Å². The van der Waals surface area contributed by atoms with Gasteiger partial charge in [0.25, 0.3) is 0 Å². The van der Waals surface area contributed by atoms with Crippen LogP contribution in [0, 0.1) is 5.92 Å². The molecule has 0 bridgehead atoms. The molecule has 0 saturated heterocycles. The SMILES string of the molecule is CCC(C)CNC(C)CC(C)Br. The van der Waals surface area contributed by atoms with Crippen molar-refractivity contribution in [1.82, 2.24) is 5.32 Å². The second-order valence-electron chi connectivity index (χ2n) is 3.84. The number of nitrogens with one attached hydrogen (secondary N) is 1. The van der Waals surface area contributed by atoms with Gasteiger partial charge in [-0.05, 0) is 25.8 Å². The van der Waals surface area contributed by atoms with Gasteiger partial charge in [0.15, 0.2) is 0 Å². The average molecular weight is 236 g/mol. The van der Waals surface area contributed by atoms with E-state index in [4.69, 9.17) is 0 Å². The van der Waals surface area contributed by atoms with E-state index in [1.807, 2.05) is 0 Å². The normalized spacial score (nSPS) is 18.8. The molecule has 0 aromatic carbocycles. The molecule has 3 unspecified atom stereocenters. The Bertz CT molecular complexity index is 104. The Labute approximate surface area is 85.4 Å². The lowest BCUT2D eigenvalue weighted by Gasteiger charge is -2.17. The summed E-state index contributed by atoms with van der Waals surface area (Å²) in [6.07, 6.45) is 2.47. The van der Waals surface area contributed by atoms with Gasteiger partial charge in [-0.2, -0.15) is 0 Å². The van der Waals surface area contributed by atoms with E-state index in [9.17, 15) is 0 Å². The van der Waals surface area contributed by atoms with E-state index in [0.717, 1.165) is 12.5 Å².